The zero-order valence-corrected chi connectivity index (χ0v) is 7.81. The van der Waals surface area contributed by atoms with Gasteiger partial charge in [-0.05, 0) is 0 Å². The fourth-order valence-corrected chi connectivity index (χ4v) is 1.43. The standard InChI is InChI=1S/C5H14N2OSi/c9-8-4-5-3-6-1-2-7-5/h5-7H,1-4H2,9H3. The van der Waals surface area contributed by atoms with Gasteiger partial charge < -0.3 is 15.1 Å². The molecule has 9 heavy (non-hydrogen) atoms. The van der Waals surface area contributed by atoms with Gasteiger partial charge in [0.25, 0.3) is 0 Å². The number of nitrogens with one attached hydrogen (secondary N) is 2. The maximum absolute atomic E-state index is 5.12. The molecule has 0 aliphatic carbocycles. The van der Waals surface area contributed by atoms with E-state index in [1.54, 1.807) is 0 Å². The van der Waals surface area contributed by atoms with Crippen LogP contribution in [0, 0.1) is 0 Å². The molecule has 4 heteroatoms. The van der Waals surface area contributed by atoms with Crippen LogP contribution in [-0.2, 0) is 4.43 Å². The molecule has 0 saturated carbocycles. The van der Waals surface area contributed by atoms with Crippen molar-refractivity contribution in [3.63, 3.8) is 0 Å². The van der Waals surface area contributed by atoms with Gasteiger partial charge in [0.2, 0.25) is 0 Å². The Morgan fingerprint density at radius 3 is 3.00 bits per heavy atom. The number of hydrogen-bond donors (Lipinski definition) is 2. The van der Waals surface area contributed by atoms with Crippen molar-refractivity contribution in [3.05, 3.63) is 0 Å². The van der Waals surface area contributed by atoms with Crippen molar-refractivity contribution in [2.45, 2.75) is 6.04 Å². The van der Waals surface area contributed by atoms with Crippen LogP contribution >= 0.6 is 0 Å². The minimum atomic E-state index is 0.552. The van der Waals surface area contributed by atoms with Gasteiger partial charge in [0, 0.05) is 32.3 Å². The minimum Gasteiger partial charge on any atom is -0.426 e. The number of hydrogen-bond acceptors (Lipinski definition) is 3. The lowest BCUT2D eigenvalue weighted by Gasteiger charge is -2.23. The second-order valence-electron chi connectivity index (χ2n) is 2.31. The van der Waals surface area contributed by atoms with Crippen molar-refractivity contribution >= 4 is 10.5 Å². The minimum absolute atomic E-state index is 0.552. The Morgan fingerprint density at radius 2 is 2.44 bits per heavy atom. The van der Waals surface area contributed by atoms with E-state index in [1.807, 2.05) is 0 Å². The Hall–Kier alpha value is 0.0969. The summed E-state index contributed by atoms with van der Waals surface area (Å²) in [5.74, 6) is 0. The Morgan fingerprint density at radius 1 is 1.56 bits per heavy atom. The lowest BCUT2D eigenvalue weighted by molar-refractivity contribution is 0.264. The maximum Gasteiger partial charge on any atom is 0.146 e. The molecule has 0 bridgehead atoms. The normalized spacial score (nSPS) is 28.7. The third-order valence-corrected chi connectivity index (χ3v) is 1.83. The first-order valence-electron chi connectivity index (χ1n) is 3.36. The summed E-state index contributed by atoms with van der Waals surface area (Å²) in [5, 5.41) is 6.65. The van der Waals surface area contributed by atoms with Crippen molar-refractivity contribution in [2.75, 3.05) is 26.2 Å². The van der Waals surface area contributed by atoms with Crippen molar-refractivity contribution in [1.82, 2.24) is 10.6 Å². The second-order valence-corrected chi connectivity index (χ2v) is 2.89. The van der Waals surface area contributed by atoms with E-state index >= 15 is 0 Å². The lowest BCUT2D eigenvalue weighted by Crippen LogP contribution is -2.50. The average Bonchev–Trinajstić information content (AvgIpc) is 1.91. The molecule has 1 unspecified atom stereocenters. The first kappa shape index (κ1) is 7.21. The Labute approximate surface area is 58.7 Å². The summed E-state index contributed by atoms with van der Waals surface area (Å²) in [6.07, 6.45) is 0. The summed E-state index contributed by atoms with van der Waals surface area (Å²) in [7, 11) is 0.855. The first-order valence-corrected chi connectivity index (χ1v) is 4.18. The molecule has 0 spiro atoms. The number of piperazine rings is 1. The van der Waals surface area contributed by atoms with E-state index in [0.29, 0.717) is 6.04 Å². The summed E-state index contributed by atoms with van der Waals surface area (Å²) >= 11 is 0. The molecule has 3 nitrogen and oxygen atoms in total. The topological polar surface area (TPSA) is 33.3 Å². The third-order valence-electron chi connectivity index (χ3n) is 1.49. The van der Waals surface area contributed by atoms with Gasteiger partial charge in [-0.3, -0.25) is 0 Å². The fourth-order valence-electron chi connectivity index (χ4n) is 1.03. The van der Waals surface area contributed by atoms with E-state index in [-0.39, 0.29) is 0 Å². The fraction of sp³-hybridized carbons (Fsp3) is 1.00. The highest BCUT2D eigenvalue weighted by atomic mass is 28.2. The van der Waals surface area contributed by atoms with Gasteiger partial charge in [0.05, 0.1) is 0 Å². The molecule has 1 aliphatic rings. The molecule has 1 rings (SSSR count). The molecule has 0 amide bonds. The van der Waals surface area contributed by atoms with Crippen molar-refractivity contribution < 1.29 is 4.43 Å². The van der Waals surface area contributed by atoms with Gasteiger partial charge in [-0.25, -0.2) is 0 Å². The Bertz CT molecular complexity index is 72.6. The molecule has 1 fully saturated rings. The quantitative estimate of drug-likeness (QED) is 0.436. The predicted molar refractivity (Wildman–Crippen MR) is 40.6 cm³/mol. The largest absolute Gasteiger partial charge is 0.426 e. The van der Waals surface area contributed by atoms with Crippen LogP contribution in [0.5, 0.6) is 0 Å². The van der Waals surface area contributed by atoms with E-state index in [0.717, 1.165) is 36.7 Å². The van der Waals surface area contributed by atoms with Crippen molar-refractivity contribution in [2.24, 2.45) is 0 Å². The molecule has 1 heterocycles. The van der Waals surface area contributed by atoms with Crippen LogP contribution in [-0.4, -0.2) is 42.8 Å². The summed E-state index contributed by atoms with van der Waals surface area (Å²) in [6, 6.07) is 0.552. The van der Waals surface area contributed by atoms with Crippen LogP contribution in [0.4, 0.5) is 0 Å². The van der Waals surface area contributed by atoms with Crippen molar-refractivity contribution in [3.8, 4) is 0 Å². The highest BCUT2D eigenvalue weighted by Gasteiger charge is 2.09. The molecule has 1 atom stereocenters. The highest BCUT2D eigenvalue weighted by molar-refractivity contribution is 5.97. The molecular formula is C5H14N2OSi. The lowest BCUT2D eigenvalue weighted by atomic mass is 10.2. The van der Waals surface area contributed by atoms with Gasteiger partial charge in [-0.2, -0.15) is 0 Å². The van der Waals surface area contributed by atoms with Crippen LogP contribution in [0.3, 0.4) is 0 Å². The summed E-state index contributed by atoms with van der Waals surface area (Å²) < 4.78 is 5.12. The van der Waals surface area contributed by atoms with Crippen LogP contribution in [0.15, 0.2) is 0 Å². The van der Waals surface area contributed by atoms with E-state index < -0.39 is 0 Å². The molecule has 2 N–H and O–H groups in total. The SMILES string of the molecule is [SiH3]OCC1CNCCN1. The van der Waals surface area contributed by atoms with Gasteiger partial charge in [0.15, 0.2) is 0 Å². The molecule has 0 aromatic heterocycles. The van der Waals surface area contributed by atoms with E-state index in [2.05, 4.69) is 10.6 Å². The van der Waals surface area contributed by atoms with Crippen LogP contribution in [0.2, 0.25) is 0 Å². The third kappa shape index (κ3) is 2.44. The monoisotopic (exact) mass is 146 g/mol. The molecule has 1 saturated heterocycles. The molecule has 1 aliphatic heterocycles. The Kier molecular flexibility index (Phi) is 3.20. The zero-order chi connectivity index (χ0) is 6.53. The first-order chi connectivity index (χ1) is 4.43. The summed E-state index contributed by atoms with van der Waals surface area (Å²) in [4.78, 5) is 0. The molecular weight excluding hydrogens is 132 g/mol. The van der Waals surface area contributed by atoms with Crippen molar-refractivity contribution in [1.29, 1.82) is 0 Å². The zero-order valence-electron chi connectivity index (χ0n) is 5.81. The number of rotatable bonds is 2. The molecule has 54 valence electrons. The highest BCUT2D eigenvalue weighted by Crippen LogP contribution is 1.85. The smallest absolute Gasteiger partial charge is 0.146 e. The molecule has 0 aromatic carbocycles. The van der Waals surface area contributed by atoms with Gasteiger partial charge in [-0.1, -0.05) is 0 Å². The van der Waals surface area contributed by atoms with Gasteiger partial charge in [-0.15, -0.1) is 0 Å². The van der Waals surface area contributed by atoms with Crippen LogP contribution in [0.1, 0.15) is 0 Å². The van der Waals surface area contributed by atoms with Gasteiger partial charge >= 0.3 is 0 Å². The molecule has 0 radical (unpaired) electrons. The van der Waals surface area contributed by atoms with Crippen LogP contribution < -0.4 is 10.6 Å². The van der Waals surface area contributed by atoms with E-state index in [4.69, 9.17) is 4.43 Å². The van der Waals surface area contributed by atoms with E-state index in [9.17, 15) is 0 Å². The second kappa shape index (κ2) is 4.00. The predicted octanol–water partition coefficient (Wildman–Crippen LogP) is -2.16. The average molecular weight is 146 g/mol. The van der Waals surface area contributed by atoms with Crippen LogP contribution in [0.25, 0.3) is 0 Å². The molecule has 0 aromatic rings. The summed E-state index contributed by atoms with van der Waals surface area (Å²) in [6.45, 7) is 4.11. The summed E-state index contributed by atoms with van der Waals surface area (Å²) in [5.41, 5.74) is 0. The van der Waals surface area contributed by atoms with Gasteiger partial charge in [0.1, 0.15) is 10.5 Å². The Balaban J connectivity index is 2.08. The maximum atomic E-state index is 5.12. The van der Waals surface area contributed by atoms with E-state index in [1.165, 1.54) is 0 Å².